The molecular formula is C12H13F3N2O3. The SMILES string of the molecule is CCNC(=O)c1cccc(NC(=O)OCC(F)(F)F)c1. The maximum Gasteiger partial charge on any atom is 0.422 e. The third-order valence-electron chi connectivity index (χ3n) is 2.08. The Bertz CT molecular complexity index is 489. The number of benzene rings is 1. The van der Waals surface area contributed by atoms with Crippen molar-refractivity contribution in [2.75, 3.05) is 18.5 Å². The topological polar surface area (TPSA) is 67.4 Å². The highest BCUT2D eigenvalue weighted by atomic mass is 19.4. The molecule has 20 heavy (non-hydrogen) atoms. The number of ether oxygens (including phenoxy) is 1. The first-order valence-electron chi connectivity index (χ1n) is 5.70. The molecule has 0 aliphatic rings. The number of anilines is 1. The molecule has 0 radical (unpaired) electrons. The minimum absolute atomic E-state index is 0.168. The smallest absolute Gasteiger partial charge is 0.422 e. The summed E-state index contributed by atoms with van der Waals surface area (Å²) < 4.78 is 39.5. The van der Waals surface area contributed by atoms with E-state index in [2.05, 4.69) is 15.4 Å². The molecule has 110 valence electrons. The van der Waals surface area contributed by atoms with E-state index in [9.17, 15) is 22.8 Å². The van der Waals surface area contributed by atoms with Gasteiger partial charge in [-0.1, -0.05) is 6.07 Å². The lowest BCUT2D eigenvalue weighted by molar-refractivity contribution is -0.159. The van der Waals surface area contributed by atoms with Crippen molar-refractivity contribution in [1.29, 1.82) is 0 Å². The van der Waals surface area contributed by atoms with Crippen molar-refractivity contribution < 1.29 is 27.5 Å². The number of hydrogen-bond donors (Lipinski definition) is 2. The second-order valence-corrected chi connectivity index (χ2v) is 3.76. The number of amides is 2. The van der Waals surface area contributed by atoms with Crippen LogP contribution in [0.15, 0.2) is 24.3 Å². The third-order valence-corrected chi connectivity index (χ3v) is 2.08. The Morgan fingerprint density at radius 2 is 2.00 bits per heavy atom. The van der Waals surface area contributed by atoms with Gasteiger partial charge in [0, 0.05) is 17.8 Å². The fourth-order valence-corrected chi connectivity index (χ4v) is 1.30. The van der Waals surface area contributed by atoms with Crippen molar-refractivity contribution in [2.24, 2.45) is 0 Å². The molecular weight excluding hydrogens is 277 g/mol. The molecule has 1 rings (SSSR count). The van der Waals surface area contributed by atoms with Crippen molar-refractivity contribution in [3.63, 3.8) is 0 Å². The van der Waals surface area contributed by atoms with Crippen LogP contribution in [0.3, 0.4) is 0 Å². The summed E-state index contributed by atoms with van der Waals surface area (Å²) in [5.74, 6) is -0.347. The first kappa shape index (κ1) is 15.8. The number of rotatable bonds is 4. The number of nitrogens with one attached hydrogen (secondary N) is 2. The fraction of sp³-hybridized carbons (Fsp3) is 0.333. The lowest BCUT2D eigenvalue weighted by atomic mass is 10.2. The van der Waals surface area contributed by atoms with Gasteiger partial charge in [0.25, 0.3) is 5.91 Å². The lowest BCUT2D eigenvalue weighted by Crippen LogP contribution is -2.24. The van der Waals surface area contributed by atoms with Crippen molar-refractivity contribution in [1.82, 2.24) is 5.32 Å². The van der Waals surface area contributed by atoms with Gasteiger partial charge in [-0.2, -0.15) is 13.2 Å². The molecule has 0 atom stereocenters. The Morgan fingerprint density at radius 3 is 2.60 bits per heavy atom. The number of carbonyl (C=O) groups is 2. The molecule has 0 spiro atoms. The highest BCUT2D eigenvalue weighted by molar-refractivity contribution is 5.96. The highest BCUT2D eigenvalue weighted by Gasteiger charge is 2.29. The summed E-state index contributed by atoms with van der Waals surface area (Å²) >= 11 is 0. The van der Waals surface area contributed by atoms with Crippen LogP contribution in [0.25, 0.3) is 0 Å². The first-order valence-corrected chi connectivity index (χ1v) is 5.70. The Labute approximate surface area is 113 Å². The van der Waals surface area contributed by atoms with E-state index in [-0.39, 0.29) is 17.2 Å². The van der Waals surface area contributed by atoms with Crippen LogP contribution in [-0.4, -0.2) is 31.3 Å². The van der Waals surface area contributed by atoms with Crippen LogP contribution >= 0.6 is 0 Å². The van der Waals surface area contributed by atoms with Crippen LogP contribution < -0.4 is 10.6 Å². The molecule has 2 N–H and O–H groups in total. The Kier molecular flexibility index (Phi) is 5.36. The summed E-state index contributed by atoms with van der Waals surface area (Å²) in [6.07, 6.45) is -5.82. The second kappa shape index (κ2) is 6.78. The van der Waals surface area contributed by atoms with Gasteiger partial charge in [-0.05, 0) is 25.1 Å². The van der Waals surface area contributed by atoms with E-state index < -0.39 is 18.9 Å². The molecule has 0 aromatic heterocycles. The quantitative estimate of drug-likeness (QED) is 0.895. The Morgan fingerprint density at radius 1 is 1.30 bits per heavy atom. The van der Waals surface area contributed by atoms with Crippen molar-refractivity contribution >= 4 is 17.7 Å². The van der Waals surface area contributed by atoms with Crippen LogP contribution in [0.5, 0.6) is 0 Å². The lowest BCUT2D eigenvalue weighted by Gasteiger charge is -2.10. The molecule has 0 saturated heterocycles. The van der Waals surface area contributed by atoms with Gasteiger partial charge in [0.2, 0.25) is 0 Å². The summed E-state index contributed by atoms with van der Waals surface area (Å²) in [6.45, 7) is 0.507. The largest absolute Gasteiger partial charge is 0.440 e. The number of halogens is 3. The standard InChI is InChI=1S/C12H13F3N2O3/c1-2-16-10(18)8-4-3-5-9(6-8)17-11(19)20-7-12(13,14)15/h3-6H,2,7H2,1H3,(H,16,18)(H,17,19). The monoisotopic (exact) mass is 290 g/mol. The zero-order chi connectivity index (χ0) is 15.2. The minimum Gasteiger partial charge on any atom is -0.440 e. The van der Waals surface area contributed by atoms with Gasteiger partial charge in [-0.15, -0.1) is 0 Å². The van der Waals surface area contributed by atoms with Gasteiger partial charge in [0.1, 0.15) is 0 Å². The Hall–Kier alpha value is -2.25. The molecule has 0 heterocycles. The highest BCUT2D eigenvalue weighted by Crippen LogP contribution is 2.15. The molecule has 0 aliphatic carbocycles. The predicted molar refractivity (Wildman–Crippen MR) is 65.5 cm³/mol. The van der Waals surface area contributed by atoms with E-state index in [1.165, 1.54) is 24.3 Å². The second-order valence-electron chi connectivity index (χ2n) is 3.76. The number of alkyl halides is 3. The van der Waals surface area contributed by atoms with E-state index in [4.69, 9.17) is 0 Å². The van der Waals surface area contributed by atoms with E-state index in [1.54, 1.807) is 6.92 Å². The van der Waals surface area contributed by atoms with Gasteiger partial charge >= 0.3 is 12.3 Å². The zero-order valence-corrected chi connectivity index (χ0v) is 10.6. The van der Waals surface area contributed by atoms with Gasteiger partial charge in [0.05, 0.1) is 0 Å². The van der Waals surface area contributed by atoms with Crippen LogP contribution in [-0.2, 0) is 4.74 Å². The summed E-state index contributed by atoms with van der Waals surface area (Å²) in [4.78, 5) is 22.7. The van der Waals surface area contributed by atoms with E-state index in [0.29, 0.717) is 6.54 Å². The first-order chi connectivity index (χ1) is 9.31. The summed E-state index contributed by atoms with van der Waals surface area (Å²) in [7, 11) is 0. The van der Waals surface area contributed by atoms with E-state index in [0.717, 1.165) is 0 Å². The van der Waals surface area contributed by atoms with E-state index in [1.807, 2.05) is 0 Å². The summed E-state index contributed by atoms with van der Waals surface area (Å²) in [5.41, 5.74) is 0.446. The maximum absolute atomic E-state index is 11.9. The summed E-state index contributed by atoms with van der Waals surface area (Å²) in [5, 5.41) is 4.67. The molecule has 2 amide bonds. The molecule has 1 aromatic carbocycles. The van der Waals surface area contributed by atoms with Gasteiger partial charge in [0.15, 0.2) is 6.61 Å². The average Bonchev–Trinajstić information content (AvgIpc) is 2.36. The molecule has 0 saturated carbocycles. The number of carbonyl (C=O) groups excluding carboxylic acids is 2. The molecule has 0 bridgehead atoms. The van der Waals surface area contributed by atoms with Crippen LogP contribution in [0.4, 0.5) is 23.7 Å². The molecule has 8 heteroatoms. The molecule has 0 unspecified atom stereocenters. The van der Waals surface area contributed by atoms with Gasteiger partial charge in [-0.25, -0.2) is 4.79 Å². The minimum atomic E-state index is -4.58. The fourth-order valence-electron chi connectivity index (χ4n) is 1.30. The van der Waals surface area contributed by atoms with Crippen LogP contribution in [0.1, 0.15) is 17.3 Å². The summed E-state index contributed by atoms with van der Waals surface area (Å²) in [6, 6.07) is 5.76. The number of hydrogen-bond acceptors (Lipinski definition) is 3. The van der Waals surface area contributed by atoms with Gasteiger partial charge in [-0.3, -0.25) is 10.1 Å². The van der Waals surface area contributed by atoms with Gasteiger partial charge < -0.3 is 10.1 Å². The van der Waals surface area contributed by atoms with Crippen molar-refractivity contribution in [2.45, 2.75) is 13.1 Å². The van der Waals surface area contributed by atoms with E-state index >= 15 is 0 Å². The third kappa shape index (κ3) is 5.59. The molecule has 0 aliphatic heterocycles. The van der Waals surface area contributed by atoms with Crippen molar-refractivity contribution in [3.05, 3.63) is 29.8 Å². The maximum atomic E-state index is 11.9. The average molecular weight is 290 g/mol. The molecule has 5 nitrogen and oxygen atoms in total. The zero-order valence-electron chi connectivity index (χ0n) is 10.6. The van der Waals surface area contributed by atoms with Crippen molar-refractivity contribution in [3.8, 4) is 0 Å². The molecule has 1 aromatic rings. The molecule has 0 fully saturated rings. The Balaban J connectivity index is 2.62. The normalized spacial score (nSPS) is 10.8. The predicted octanol–water partition coefficient (Wildman–Crippen LogP) is 2.55. The van der Waals surface area contributed by atoms with Crippen LogP contribution in [0.2, 0.25) is 0 Å². The van der Waals surface area contributed by atoms with Crippen LogP contribution in [0, 0.1) is 0 Å².